The summed E-state index contributed by atoms with van der Waals surface area (Å²) in [5.41, 5.74) is 4.03. The van der Waals surface area contributed by atoms with Gasteiger partial charge >= 0.3 is 0 Å². The van der Waals surface area contributed by atoms with Crippen molar-refractivity contribution in [1.29, 1.82) is 0 Å². The predicted molar refractivity (Wildman–Crippen MR) is 142 cm³/mol. The van der Waals surface area contributed by atoms with Crippen LogP contribution in [0.2, 0.25) is 0 Å². The van der Waals surface area contributed by atoms with E-state index < -0.39 is 0 Å². The molecule has 2 fully saturated rings. The molecule has 0 N–H and O–H groups in total. The summed E-state index contributed by atoms with van der Waals surface area (Å²) >= 11 is 1.84. The first-order valence-corrected chi connectivity index (χ1v) is 13.9. The van der Waals surface area contributed by atoms with Crippen molar-refractivity contribution in [3.05, 3.63) is 77.1 Å². The van der Waals surface area contributed by atoms with Gasteiger partial charge in [-0.05, 0) is 44.0 Å². The molecule has 0 amide bonds. The largest absolute Gasteiger partial charge is 0.379 e. The van der Waals surface area contributed by atoms with Crippen LogP contribution < -0.4 is 0 Å². The van der Waals surface area contributed by atoms with E-state index in [0.29, 0.717) is 5.92 Å². The minimum Gasteiger partial charge on any atom is -0.379 e. The molecule has 2 aromatic carbocycles. The molecule has 2 aliphatic rings. The minimum absolute atomic E-state index is 0.467. The van der Waals surface area contributed by atoms with E-state index in [4.69, 9.17) is 9.84 Å². The van der Waals surface area contributed by atoms with Crippen LogP contribution in [0.25, 0.3) is 0 Å². The zero-order valence-electron chi connectivity index (χ0n) is 20.8. The molecule has 5 rings (SSSR count). The number of aromatic nitrogens is 3. The standard InChI is InChI=1S/C28H37N5OS/c1-23-7-9-25(10-8-23)21-32-13-11-26(12-14-32)27-29-30-28(33(27)22-24-5-3-2-4-6-24)35-20-17-31-15-18-34-19-16-31/h2-10,26H,11-22H2,1H3. The third kappa shape index (κ3) is 6.73. The Morgan fingerprint density at radius 3 is 2.29 bits per heavy atom. The molecule has 2 aliphatic heterocycles. The Morgan fingerprint density at radius 1 is 0.829 bits per heavy atom. The van der Waals surface area contributed by atoms with Crippen molar-refractivity contribution in [2.24, 2.45) is 0 Å². The summed E-state index contributed by atoms with van der Waals surface area (Å²) in [7, 11) is 0. The molecule has 1 aromatic heterocycles. The van der Waals surface area contributed by atoms with Crippen molar-refractivity contribution >= 4 is 11.8 Å². The highest BCUT2D eigenvalue weighted by molar-refractivity contribution is 7.99. The van der Waals surface area contributed by atoms with Gasteiger partial charge in [-0.15, -0.1) is 10.2 Å². The Morgan fingerprint density at radius 2 is 1.54 bits per heavy atom. The number of thioether (sulfide) groups is 1. The molecule has 0 aliphatic carbocycles. The summed E-state index contributed by atoms with van der Waals surface area (Å²) in [6.45, 7) is 11.1. The highest BCUT2D eigenvalue weighted by atomic mass is 32.2. The van der Waals surface area contributed by atoms with Crippen molar-refractivity contribution in [3.8, 4) is 0 Å². The van der Waals surface area contributed by atoms with Crippen LogP contribution in [0.15, 0.2) is 59.8 Å². The zero-order chi connectivity index (χ0) is 23.9. The van der Waals surface area contributed by atoms with Crippen LogP contribution in [-0.4, -0.2) is 76.3 Å². The van der Waals surface area contributed by atoms with Gasteiger partial charge in [0.15, 0.2) is 5.16 Å². The molecule has 3 heterocycles. The minimum atomic E-state index is 0.467. The number of piperidine rings is 1. The summed E-state index contributed by atoms with van der Waals surface area (Å²) in [4.78, 5) is 5.07. The summed E-state index contributed by atoms with van der Waals surface area (Å²) in [6.07, 6.45) is 2.27. The number of rotatable bonds is 9. The second-order valence-electron chi connectivity index (χ2n) is 9.75. The molecule has 35 heavy (non-hydrogen) atoms. The lowest BCUT2D eigenvalue weighted by molar-refractivity contribution is 0.0410. The lowest BCUT2D eigenvalue weighted by Crippen LogP contribution is -2.37. The van der Waals surface area contributed by atoms with Crippen LogP contribution >= 0.6 is 11.8 Å². The van der Waals surface area contributed by atoms with E-state index >= 15 is 0 Å². The van der Waals surface area contributed by atoms with Crippen LogP contribution in [0.5, 0.6) is 0 Å². The maximum absolute atomic E-state index is 5.49. The molecule has 186 valence electrons. The van der Waals surface area contributed by atoms with Gasteiger partial charge in [0.2, 0.25) is 0 Å². The summed E-state index contributed by atoms with van der Waals surface area (Å²) < 4.78 is 7.88. The lowest BCUT2D eigenvalue weighted by Gasteiger charge is -2.31. The second-order valence-corrected chi connectivity index (χ2v) is 10.8. The SMILES string of the molecule is Cc1ccc(CN2CCC(c3nnc(SCCN4CCOCC4)n3Cc3ccccc3)CC2)cc1. The molecule has 0 bridgehead atoms. The van der Waals surface area contributed by atoms with Gasteiger partial charge in [-0.25, -0.2) is 0 Å². The van der Waals surface area contributed by atoms with Crippen LogP contribution in [0.1, 0.15) is 41.3 Å². The third-order valence-electron chi connectivity index (χ3n) is 7.15. The van der Waals surface area contributed by atoms with Gasteiger partial charge in [0, 0.05) is 37.8 Å². The maximum Gasteiger partial charge on any atom is 0.191 e. The second kappa shape index (κ2) is 12.2. The van der Waals surface area contributed by atoms with E-state index in [1.807, 2.05) is 11.8 Å². The summed E-state index contributed by atoms with van der Waals surface area (Å²) in [5, 5.41) is 10.5. The van der Waals surface area contributed by atoms with Gasteiger partial charge in [-0.2, -0.15) is 0 Å². The van der Waals surface area contributed by atoms with E-state index in [0.717, 1.165) is 88.6 Å². The Kier molecular flexibility index (Phi) is 8.52. The van der Waals surface area contributed by atoms with Crippen molar-refractivity contribution in [2.75, 3.05) is 51.7 Å². The smallest absolute Gasteiger partial charge is 0.191 e. The molecule has 6 nitrogen and oxygen atoms in total. The normalized spacial score (nSPS) is 18.2. The quantitative estimate of drug-likeness (QED) is 0.413. The van der Waals surface area contributed by atoms with E-state index in [-0.39, 0.29) is 0 Å². The number of nitrogens with zero attached hydrogens (tertiary/aromatic N) is 5. The first-order valence-electron chi connectivity index (χ1n) is 12.9. The van der Waals surface area contributed by atoms with Crippen molar-refractivity contribution in [2.45, 2.75) is 43.9 Å². The molecule has 0 saturated carbocycles. The highest BCUT2D eigenvalue weighted by Crippen LogP contribution is 2.31. The first kappa shape index (κ1) is 24.5. The van der Waals surface area contributed by atoms with Crippen molar-refractivity contribution < 1.29 is 4.74 Å². The average molecular weight is 492 g/mol. The number of ether oxygens (including phenoxy) is 1. The molecule has 0 radical (unpaired) electrons. The molecule has 2 saturated heterocycles. The number of hydrogen-bond donors (Lipinski definition) is 0. The zero-order valence-corrected chi connectivity index (χ0v) is 21.6. The number of hydrogen-bond acceptors (Lipinski definition) is 6. The Bertz CT molecular complexity index is 1040. The topological polar surface area (TPSA) is 46.4 Å². The van der Waals surface area contributed by atoms with Gasteiger partial charge in [0.25, 0.3) is 0 Å². The number of likely N-dealkylation sites (tertiary alicyclic amines) is 1. The van der Waals surface area contributed by atoms with Crippen LogP contribution in [-0.2, 0) is 17.8 Å². The molecular weight excluding hydrogens is 454 g/mol. The third-order valence-corrected chi connectivity index (χ3v) is 8.10. The van der Waals surface area contributed by atoms with Gasteiger partial charge in [-0.1, -0.05) is 71.9 Å². The molecular formula is C28H37N5OS. The fourth-order valence-electron chi connectivity index (χ4n) is 5.02. The molecule has 0 spiro atoms. The number of benzene rings is 2. The van der Waals surface area contributed by atoms with E-state index in [1.54, 1.807) is 0 Å². The van der Waals surface area contributed by atoms with Gasteiger partial charge in [-0.3, -0.25) is 9.80 Å². The van der Waals surface area contributed by atoms with Crippen LogP contribution in [0, 0.1) is 6.92 Å². The Balaban J connectivity index is 1.23. The number of morpholine rings is 1. The fraction of sp³-hybridized carbons (Fsp3) is 0.500. The molecule has 7 heteroatoms. The van der Waals surface area contributed by atoms with E-state index in [1.165, 1.54) is 16.7 Å². The van der Waals surface area contributed by atoms with Crippen molar-refractivity contribution in [3.63, 3.8) is 0 Å². The molecule has 3 aromatic rings. The fourth-order valence-corrected chi connectivity index (χ4v) is 5.96. The van der Waals surface area contributed by atoms with Gasteiger partial charge < -0.3 is 9.30 Å². The predicted octanol–water partition coefficient (Wildman–Crippen LogP) is 4.44. The van der Waals surface area contributed by atoms with Gasteiger partial charge in [0.1, 0.15) is 5.82 Å². The average Bonchev–Trinajstić information content (AvgIpc) is 3.29. The molecule has 0 atom stereocenters. The van der Waals surface area contributed by atoms with Crippen LogP contribution in [0.3, 0.4) is 0 Å². The van der Waals surface area contributed by atoms with Gasteiger partial charge in [0.05, 0.1) is 19.8 Å². The monoisotopic (exact) mass is 491 g/mol. The number of aryl methyl sites for hydroxylation is 1. The first-order chi connectivity index (χ1) is 17.2. The lowest BCUT2D eigenvalue weighted by atomic mass is 9.95. The highest BCUT2D eigenvalue weighted by Gasteiger charge is 2.26. The molecule has 0 unspecified atom stereocenters. The Labute approximate surface area is 213 Å². The van der Waals surface area contributed by atoms with Crippen LogP contribution in [0.4, 0.5) is 0 Å². The summed E-state index contributed by atoms with van der Waals surface area (Å²) in [6, 6.07) is 19.7. The van der Waals surface area contributed by atoms with Crippen molar-refractivity contribution in [1.82, 2.24) is 24.6 Å². The van der Waals surface area contributed by atoms with E-state index in [2.05, 4.69) is 81.0 Å². The maximum atomic E-state index is 5.49. The van der Waals surface area contributed by atoms with E-state index in [9.17, 15) is 0 Å². The Hall–Kier alpha value is -2.19. The summed E-state index contributed by atoms with van der Waals surface area (Å²) in [5.74, 6) is 2.66.